The quantitative estimate of drug-likeness (QED) is 0.401. The smallest absolute Gasteiger partial charge is 0.329 e. The molecule has 1 aliphatic heterocycles. The summed E-state index contributed by atoms with van der Waals surface area (Å²) in [6.07, 6.45) is 0.146. The van der Waals surface area contributed by atoms with Crippen LogP contribution in [0, 0.1) is 0 Å². The third-order valence-electron chi connectivity index (χ3n) is 0.657. The highest BCUT2D eigenvalue weighted by molar-refractivity contribution is 6.64. The molecule has 1 aliphatic rings. The van der Waals surface area contributed by atoms with Crippen LogP contribution in [0.25, 0.3) is 0 Å². The molecule has 0 amide bonds. The van der Waals surface area contributed by atoms with Crippen LogP contribution in [-0.4, -0.2) is 30.6 Å². The zero-order chi connectivity index (χ0) is 4.41. The van der Waals surface area contributed by atoms with Gasteiger partial charge in [0.15, 0.2) is 0 Å². The van der Waals surface area contributed by atoms with E-state index in [0.29, 0.717) is 0 Å². The molecule has 0 aromatic heterocycles. The van der Waals surface area contributed by atoms with Crippen molar-refractivity contribution in [2.45, 2.75) is 0 Å². The Morgan fingerprint density at radius 1 is 1.67 bits per heavy atom. The second-order valence-electron chi connectivity index (χ2n) is 1.06. The fourth-order valence-corrected chi connectivity index (χ4v) is 2.43. The fourth-order valence-electron chi connectivity index (χ4n) is 0.270. The highest BCUT2D eigenvalue weighted by Gasteiger charge is 2.19. The van der Waals surface area contributed by atoms with Crippen molar-refractivity contribution in [3.05, 3.63) is 0 Å². The average molecular weight is 122 g/mol. The topological polar surface area (TPSA) is 38.7 Å². The van der Waals surface area contributed by atoms with E-state index in [-0.39, 0.29) is 6.23 Å². The van der Waals surface area contributed by atoms with Gasteiger partial charge in [0.25, 0.3) is 10.0 Å². The Kier molecular flexibility index (Phi) is 1.38. The molecule has 0 unspecified atom stereocenters. The second kappa shape index (κ2) is 1.85. The minimum atomic E-state index is -1.36. The summed E-state index contributed by atoms with van der Waals surface area (Å²) in [5, 5.41) is 8.22. The fraction of sp³-hybridized carbons (Fsp3) is 1.00. The van der Waals surface area contributed by atoms with E-state index in [1.807, 2.05) is 0 Å². The Bertz CT molecular complexity index is 41.3. The molecule has 0 saturated carbocycles. The molecule has 0 bridgehead atoms. The van der Waals surface area contributed by atoms with Gasteiger partial charge in [0.2, 0.25) is 0 Å². The second-order valence-corrected chi connectivity index (χ2v) is 5.19. The minimum absolute atomic E-state index is 0.146. The lowest BCUT2D eigenvalue weighted by atomic mass is 11.7. The Labute approximate surface area is 39.8 Å². The van der Waals surface area contributed by atoms with Crippen LogP contribution in [-0.2, 0) is 8.23 Å². The summed E-state index contributed by atoms with van der Waals surface area (Å²) in [4.78, 5) is 0. The molecule has 3 nitrogen and oxygen atoms in total. The molecule has 1 rings (SSSR count). The molecule has 0 radical (unpaired) electrons. The molecule has 0 atom stereocenters. The van der Waals surface area contributed by atoms with Crippen molar-refractivity contribution in [1.29, 1.82) is 0 Å². The van der Waals surface area contributed by atoms with Crippen LogP contribution in [0.3, 0.4) is 0 Å². The first-order valence-corrected chi connectivity index (χ1v) is 4.69. The first-order chi connectivity index (χ1) is 2.93. The van der Waals surface area contributed by atoms with Gasteiger partial charge in [0, 0.05) is 0 Å². The summed E-state index contributed by atoms with van der Waals surface area (Å²) in [7, 11) is -1.91. The van der Waals surface area contributed by atoms with Crippen molar-refractivity contribution < 1.29 is 13.3 Å². The summed E-state index contributed by atoms with van der Waals surface area (Å²) in [6, 6.07) is 0. The highest BCUT2D eigenvalue weighted by Crippen LogP contribution is 1.95. The lowest BCUT2D eigenvalue weighted by Crippen LogP contribution is -2.42. The van der Waals surface area contributed by atoms with E-state index in [0.717, 1.165) is 0 Å². The first-order valence-electron chi connectivity index (χ1n) is 1.77. The lowest BCUT2D eigenvalue weighted by Gasteiger charge is -2.22. The van der Waals surface area contributed by atoms with E-state index in [9.17, 15) is 0 Å². The molecular formula is CH6O3Si2. The Balaban J connectivity index is 2.01. The summed E-state index contributed by atoms with van der Waals surface area (Å²) in [5.74, 6) is 0. The van der Waals surface area contributed by atoms with Crippen LogP contribution in [0.4, 0.5) is 0 Å². The monoisotopic (exact) mass is 122 g/mol. The van der Waals surface area contributed by atoms with Crippen molar-refractivity contribution in [2.24, 2.45) is 0 Å². The molecule has 6 heavy (non-hydrogen) atoms. The maximum Gasteiger partial charge on any atom is 0.329 e. The standard InChI is InChI=1S/CH6O3Si2/c2-1-6-3-5-4-6/h2,6H,1,5H2. The summed E-state index contributed by atoms with van der Waals surface area (Å²) in [5.41, 5.74) is 0. The summed E-state index contributed by atoms with van der Waals surface area (Å²) < 4.78 is 9.77. The van der Waals surface area contributed by atoms with Crippen LogP contribution >= 0.6 is 0 Å². The Hall–Kier alpha value is 0.314. The molecule has 0 spiro atoms. The minimum Gasteiger partial charge on any atom is -0.421 e. The predicted octanol–water partition coefficient (Wildman–Crippen LogP) is -2.22. The van der Waals surface area contributed by atoms with Gasteiger partial charge in [-0.1, -0.05) is 0 Å². The normalized spacial score (nSPS) is 36.5. The van der Waals surface area contributed by atoms with Gasteiger partial charge in [-0.05, 0) is 0 Å². The van der Waals surface area contributed by atoms with E-state index in [4.69, 9.17) is 13.3 Å². The molecule has 5 heteroatoms. The summed E-state index contributed by atoms with van der Waals surface area (Å²) in [6.45, 7) is 0. The SMILES string of the molecule is OC[SiH]1O[SiH2]O1. The predicted molar refractivity (Wildman–Crippen MR) is 24.9 cm³/mol. The van der Waals surface area contributed by atoms with Crippen LogP contribution < -0.4 is 0 Å². The van der Waals surface area contributed by atoms with Gasteiger partial charge in [-0.15, -0.1) is 0 Å². The number of rotatable bonds is 1. The van der Waals surface area contributed by atoms with Gasteiger partial charge in [0.05, 0.1) is 6.23 Å². The first kappa shape index (κ1) is 4.47. The molecule has 0 aromatic rings. The number of aliphatic hydroxyl groups excluding tert-OH is 1. The molecule has 1 N–H and O–H groups in total. The van der Waals surface area contributed by atoms with E-state index in [1.165, 1.54) is 0 Å². The summed E-state index contributed by atoms with van der Waals surface area (Å²) >= 11 is 0. The molecule has 1 saturated heterocycles. The molecule has 1 fully saturated rings. The maximum atomic E-state index is 8.22. The van der Waals surface area contributed by atoms with Crippen LogP contribution in [0.1, 0.15) is 0 Å². The number of hydrogen-bond acceptors (Lipinski definition) is 3. The van der Waals surface area contributed by atoms with E-state index < -0.39 is 19.3 Å². The van der Waals surface area contributed by atoms with Crippen LogP contribution in [0.15, 0.2) is 0 Å². The maximum absolute atomic E-state index is 8.22. The zero-order valence-electron chi connectivity index (χ0n) is 3.26. The molecule has 0 aromatic carbocycles. The average Bonchev–Trinajstić information content (AvgIpc) is 1.31. The number of hydrogen-bond donors (Lipinski definition) is 1. The van der Waals surface area contributed by atoms with Crippen LogP contribution in [0.5, 0.6) is 0 Å². The van der Waals surface area contributed by atoms with Gasteiger partial charge in [-0.3, -0.25) is 0 Å². The Morgan fingerprint density at radius 3 is 2.33 bits per heavy atom. The zero-order valence-corrected chi connectivity index (χ0v) is 5.82. The van der Waals surface area contributed by atoms with Crippen LogP contribution in [0.2, 0.25) is 0 Å². The van der Waals surface area contributed by atoms with Crippen molar-refractivity contribution in [2.75, 3.05) is 6.23 Å². The molecule has 1 heterocycles. The molecule has 36 valence electrons. The number of aliphatic hydroxyl groups is 1. The van der Waals surface area contributed by atoms with E-state index in [2.05, 4.69) is 0 Å². The highest BCUT2D eigenvalue weighted by atomic mass is 28.4. The Morgan fingerprint density at radius 2 is 2.33 bits per heavy atom. The largest absolute Gasteiger partial charge is 0.421 e. The van der Waals surface area contributed by atoms with Crippen molar-refractivity contribution in [1.82, 2.24) is 0 Å². The lowest BCUT2D eigenvalue weighted by molar-refractivity contribution is 0.247. The van der Waals surface area contributed by atoms with Crippen molar-refractivity contribution >= 4 is 19.3 Å². The van der Waals surface area contributed by atoms with Crippen molar-refractivity contribution in [3.63, 3.8) is 0 Å². The molecular weight excluding hydrogens is 116 g/mol. The van der Waals surface area contributed by atoms with Gasteiger partial charge in [-0.2, -0.15) is 0 Å². The van der Waals surface area contributed by atoms with Gasteiger partial charge >= 0.3 is 9.28 Å². The van der Waals surface area contributed by atoms with Gasteiger partial charge in [-0.25, -0.2) is 0 Å². The molecule has 0 aliphatic carbocycles. The van der Waals surface area contributed by atoms with Gasteiger partial charge in [0.1, 0.15) is 0 Å². The van der Waals surface area contributed by atoms with Crippen molar-refractivity contribution in [3.8, 4) is 0 Å². The third-order valence-corrected chi connectivity index (χ3v) is 5.02. The van der Waals surface area contributed by atoms with E-state index >= 15 is 0 Å². The van der Waals surface area contributed by atoms with E-state index in [1.54, 1.807) is 0 Å². The van der Waals surface area contributed by atoms with Gasteiger partial charge < -0.3 is 13.3 Å². The third kappa shape index (κ3) is 0.685.